The Morgan fingerprint density at radius 2 is 1.92 bits per heavy atom. The smallest absolute Gasteiger partial charge is 0.0991 e. The van der Waals surface area contributed by atoms with Crippen molar-refractivity contribution in [3.8, 4) is 6.07 Å². The molecule has 0 aromatic heterocycles. The number of benzene rings is 1. The molecule has 1 aromatic carbocycles. The quantitative estimate of drug-likeness (QED) is 0.713. The van der Waals surface area contributed by atoms with Gasteiger partial charge in [0, 0.05) is 11.2 Å². The lowest BCUT2D eigenvalue weighted by atomic mass is 10.2. The van der Waals surface area contributed by atoms with Crippen molar-refractivity contribution in [1.29, 1.82) is 10.0 Å². The predicted octanol–water partition coefficient (Wildman–Crippen LogP) is 1.59. The molecule has 0 saturated heterocycles. The minimum absolute atomic E-state index is 0.460. The van der Waals surface area contributed by atoms with Gasteiger partial charge in [-0.3, -0.25) is 0 Å². The summed E-state index contributed by atoms with van der Waals surface area (Å²) >= 11 is 0. The van der Waals surface area contributed by atoms with Crippen LogP contribution < -0.4 is 0 Å². The normalized spacial score (nSPS) is 14.7. The highest BCUT2D eigenvalue weighted by Gasteiger charge is 2.01. The molecule has 0 saturated carbocycles. The monoisotopic (exact) mass is 180 g/mol. The summed E-state index contributed by atoms with van der Waals surface area (Å²) in [6.07, 6.45) is 1.36. The van der Waals surface area contributed by atoms with E-state index in [9.17, 15) is 4.21 Å². The molecule has 1 N–H and O–H groups in total. The third kappa shape index (κ3) is 1.83. The summed E-state index contributed by atoms with van der Waals surface area (Å²) in [5, 5.41) is 8.46. The number of hydrogen-bond donors (Lipinski definition) is 1. The van der Waals surface area contributed by atoms with Crippen LogP contribution in [0.1, 0.15) is 5.56 Å². The minimum Gasteiger partial charge on any atom is -0.249 e. The van der Waals surface area contributed by atoms with Crippen LogP contribution >= 0.6 is 0 Å². The molecule has 0 spiro atoms. The maximum absolute atomic E-state index is 11.2. The number of nitriles is 1. The molecule has 4 heteroatoms. The van der Waals surface area contributed by atoms with E-state index in [1.54, 1.807) is 24.3 Å². The molecule has 1 rings (SSSR count). The van der Waals surface area contributed by atoms with Gasteiger partial charge in [0.25, 0.3) is 0 Å². The Labute approximate surface area is 71.6 Å². The highest BCUT2D eigenvalue weighted by atomic mass is 32.2. The van der Waals surface area contributed by atoms with Gasteiger partial charge in [0.2, 0.25) is 0 Å². The first-order chi connectivity index (χ1) is 5.54. The van der Waals surface area contributed by atoms with E-state index in [1.165, 1.54) is 6.26 Å². The standard InChI is InChI=1S/C8H8N2OS/c1-12(10,11)8-4-2-7(6-9)3-5-8/h2-5,10H,1H3. The van der Waals surface area contributed by atoms with Gasteiger partial charge in [-0.25, -0.2) is 8.99 Å². The van der Waals surface area contributed by atoms with Crippen molar-refractivity contribution < 1.29 is 4.21 Å². The molecule has 0 amide bonds. The Balaban J connectivity index is 3.20. The van der Waals surface area contributed by atoms with E-state index in [0.717, 1.165) is 0 Å². The summed E-state index contributed by atoms with van der Waals surface area (Å²) in [5.41, 5.74) is 0.516. The third-order valence-corrected chi connectivity index (χ3v) is 2.60. The van der Waals surface area contributed by atoms with Gasteiger partial charge in [0.05, 0.1) is 21.4 Å². The Morgan fingerprint density at radius 1 is 1.42 bits per heavy atom. The molecule has 0 aliphatic rings. The van der Waals surface area contributed by atoms with Gasteiger partial charge in [-0.05, 0) is 24.3 Å². The lowest BCUT2D eigenvalue weighted by Gasteiger charge is -1.98. The number of hydrogen-bond acceptors (Lipinski definition) is 3. The van der Waals surface area contributed by atoms with E-state index in [1.807, 2.05) is 6.07 Å². The number of nitrogens with zero attached hydrogens (tertiary/aromatic N) is 1. The lowest BCUT2D eigenvalue weighted by Crippen LogP contribution is -1.93. The summed E-state index contributed by atoms with van der Waals surface area (Å²) < 4.78 is 18.4. The van der Waals surface area contributed by atoms with Crippen LogP contribution in [0, 0.1) is 16.1 Å². The maximum atomic E-state index is 11.2. The Kier molecular flexibility index (Phi) is 2.15. The topological polar surface area (TPSA) is 64.7 Å². The molecule has 3 nitrogen and oxygen atoms in total. The zero-order valence-electron chi connectivity index (χ0n) is 6.57. The van der Waals surface area contributed by atoms with E-state index in [2.05, 4.69) is 0 Å². The van der Waals surface area contributed by atoms with E-state index in [4.69, 9.17) is 10.0 Å². The molecule has 1 atom stereocenters. The average molecular weight is 180 g/mol. The van der Waals surface area contributed by atoms with Gasteiger partial charge in [-0.15, -0.1) is 0 Å². The molecular weight excluding hydrogens is 172 g/mol. The molecule has 0 aliphatic carbocycles. The first-order valence-electron chi connectivity index (χ1n) is 3.28. The molecule has 0 radical (unpaired) electrons. The van der Waals surface area contributed by atoms with E-state index >= 15 is 0 Å². The van der Waals surface area contributed by atoms with Gasteiger partial charge in [0.15, 0.2) is 0 Å². The van der Waals surface area contributed by atoms with Crippen molar-refractivity contribution in [2.45, 2.75) is 4.90 Å². The van der Waals surface area contributed by atoms with Gasteiger partial charge in [-0.1, -0.05) is 0 Å². The fraction of sp³-hybridized carbons (Fsp3) is 0.125. The van der Waals surface area contributed by atoms with Crippen LogP contribution in [-0.4, -0.2) is 10.5 Å². The van der Waals surface area contributed by atoms with Crippen molar-refractivity contribution in [2.75, 3.05) is 6.26 Å². The molecule has 12 heavy (non-hydrogen) atoms. The van der Waals surface area contributed by atoms with Crippen LogP contribution in [0.15, 0.2) is 29.2 Å². The van der Waals surface area contributed by atoms with E-state index in [-0.39, 0.29) is 0 Å². The fourth-order valence-electron chi connectivity index (χ4n) is 0.789. The van der Waals surface area contributed by atoms with Crippen LogP contribution in [0.4, 0.5) is 0 Å². The molecule has 0 fully saturated rings. The van der Waals surface area contributed by atoms with Gasteiger partial charge >= 0.3 is 0 Å². The average Bonchev–Trinajstić information content (AvgIpc) is 2.03. The minimum atomic E-state index is -2.64. The molecule has 0 heterocycles. The van der Waals surface area contributed by atoms with E-state index in [0.29, 0.717) is 10.5 Å². The van der Waals surface area contributed by atoms with Gasteiger partial charge in [-0.2, -0.15) is 5.26 Å². The first-order valence-corrected chi connectivity index (χ1v) is 5.24. The summed E-state index contributed by atoms with van der Waals surface area (Å²) in [6, 6.07) is 8.18. The molecule has 1 unspecified atom stereocenters. The van der Waals surface area contributed by atoms with Gasteiger partial charge < -0.3 is 0 Å². The lowest BCUT2D eigenvalue weighted by molar-refractivity contribution is 0.679. The first kappa shape index (κ1) is 8.75. The highest BCUT2D eigenvalue weighted by Crippen LogP contribution is 2.09. The van der Waals surface area contributed by atoms with Crippen LogP contribution in [0.25, 0.3) is 0 Å². The summed E-state index contributed by atoms with van der Waals surface area (Å²) in [5.74, 6) is 0. The van der Waals surface area contributed by atoms with Gasteiger partial charge in [0.1, 0.15) is 0 Å². The van der Waals surface area contributed by atoms with Crippen molar-refractivity contribution in [1.82, 2.24) is 0 Å². The Hall–Kier alpha value is -1.34. The molecule has 1 aromatic rings. The molecular formula is C8H8N2OS. The van der Waals surface area contributed by atoms with Crippen LogP contribution in [0.2, 0.25) is 0 Å². The Morgan fingerprint density at radius 3 is 2.25 bits per heavy atom. The summed E-state index contributed by atoms with van der Waals surface area (Å²) in [7, 11) is -2.64. The fourth-order valence-corrected chi connectivity index (χ4v) is 1.44. The summed E-state index contributed by atoms with van der Waals surface area (Å²) in [4.78, 5) is 0.460. The zero-order valence-corrected chi connectivity index (χ0v) is 7.39. The van der Waals surface area contributed by atoms with Crippen LogP contribution in [0.5, 0.6) is 0 Å². The molecule has 0 aliphatic heterocycles. The third-order valence-electron chi connectivity index (χ3n) is 1.43. The number of rotatable bonds is 1. The summed E-state index contributed by atoms with van der Waals surface area (Å²) in [6.45, 7) is 0. The van der Waals surface area contributed by atoms with Crippen molar-refractivity contribution >= 4 is 9.73 Å². The maximum Gasteiger partial charge on any atom is 0.0991 e. The Bertz CT molecular complexity index is 411. The SMILES string of the molecule is CS(=N)(=O)c1ccc(C#N)cc1. The number of nitrogens with one attached hydrogen (secondary N) is 1. The second-order valence-corrected chi connectivity index (χ2v) is 4.64. The largest absolute Gasteiger partial charge is 0.249 e. The molecule has 62 valence electrons. The highest BCUT2D eigenvalue weighted by molar-refractivity contribution is 7.91. The second kappa shape index (κ2) is 2.95. The second-order valence-electron chi connectivity index (χ2n) is 2.48. The van der Waals surface area contributed by atoms with E-state index < -0.39 is 9.73 Å². The molecule has 0 bridgehead atoms. The van der Waals surface area contributed by atoms with Crippen molar-refractivity contribution in [3.05, 3.63) is 29.8 Å². The van der Waals surface area contributed by atoms with Crippen LogP contribution in [-0.2, 0) is 9.73 Å². The zero-order chi connectivity index (χ0) is 9.19. The van der Waals surface area contributed by atoms with Crippen molar-refractivity contribution in [2.24, 2.45) is 0 Å². The predicted molar refractivity (Wildman–Crippen MR) is 46.2 cm³/mol. The van der Waals surface area contributed by atoms with Crippen LogP contribution in [0.3, 0.4) is 0 Å². The van der Waals surface area contributed by atoms with Crippen molar-refractivity contribution in [3.63, 3.8) is 0 Å².